The number of pyridine rings is 1. The van der Waals surface area contributed by atoms with Crippen LogP contribution < -0.4 is 9.80 Å². The molecule has 0 bridgehead atoms. The molecule has 0 spiro atoms. The van der Waals surface area contributed by atoms with Crippen LogP contribution in [0.5, 0.6) is 0 Å². The molecule has 2 amide bonds. The second kappa shape index (κ2) is 8.20. The Hall–Kier alpha value is -3.23. The normalized spacial score (nSPS) is 17.6. The van der Waals surface area contributed by atoms with E-state index in [9.17, 15) is 9.59 Å². The third-order valence-corrected chi connectivity index (χ3v) is 5.19. The van der Waals surface area contributed by atoms with E-state index in [2.05, 4.69) is 24.8 Å². The van der Waals surface area contributed by atoms with E-state index in [1.165, 1.54) is 0 Å². The van der Waals surface area contributed by atoms with E-state index in [1.54, 1.807) is 29.6 Å². The summed E-state index contributed by atoms with van der Waals surface area (Å²) in [6.07, 6.45) is 6.02. The van der Waals surface area contributed by atoms with E-state index < -0.39 is 0 Å². The van der Waals surface area contributed by atoms with Gasteiger partial charge in [0.1, 0.15) is 5.69 Å². The molecule has 2 saturated heterocycles. The molecule has 2 aromatic rings. The number of carbonyl (C=O) groups is 2. The van der Waals surface area contributed by atoms with Gasteiger partial charge in [0.05, 0.1) is 0 Å². The third-order valence-electron chi connectivity index (χ3n) is 5.19. The largest absolute Gasteiger partial charge is 0.368 e. The first-order valence-electron chi connectivity index (χ1n) is 9.46. The predicted octanol–water partition coefficient (Wildman–Crippen LogP) is 0.112. The molecule has 0 N–H and O–H groups in total. The average molecular weight is 381 g/mol. The molecular formula is C19H23N7O2. The van der Waals surface area contributed by atoms with Crippen molar-refractivity contribution in [3.8, 4) is 0 Å². The number of hydrogen-bond donors (Lipinski definition) is 0. The van der Waals surface area contributed by atoms with Crippen LogP contribution in [0.3, 0.4) is 0 Å². The van der Waals surface area contributed by atoms with Crippen LogP contribution in [0.1, 0.15) is 10.5 Å². The fourth-order valence-corrected chi connectivity index (χ4v) is 3.54. The van der Waals surface area contributed by atoms with E-state index in [4.69, 9.17) is 0 Å². The maximum absolute atomic E-state index is 12.9. The molecule has 2 fully saturated rings. The van der Waals surface area contributed by atoms with Crippen LogP contribution in [0.2, 0.25) is 0 Å². The summed E-state index contributed by atoms with van der Waals surface area (Å²) < 4.78 is 0. The van der Waals surface area contributed by atoms with Gasteiger partial charge in [-0.15, -0.1) is 0 Å². The quantitative estimate of drug-likeness (QED) is 0.695. The highest BCUT2D eigenvalue weighted by atomic mass is 16.2. The molecular weight excluding hydrogens is 358 g/mol. The molecule has 9 heteroatoms. The van der Waals surface area contributed by atoms with Crippen molar-refractivity contribution in [2.75, 3.05) is 62.2 Å². The molecule has 2 aliphatic rings. The minimum Gasteiger partial charge on any atom is -0.368 e. The Labute approximate surface area is 163 Å². The van der Waals surface area contributed by atoms with E-state index in [1.807, 2.05) is 17.0 Å². The summed E-state index contributed by atoms with van der Waals surface area (Å²) in [5.74, 6) is 0.645. The first-order chi connectivity index (χ1) is 13.7. The maximum Gasteiger partial charge on any atom is 0.272 e. The topological polar surface area (TPSA) is 85.8 Å². The molecule has 0 saturated carbocycles. The van der Waals surface area contributed by atoms with Gasteiger partial charge in [0.25, 0.3) is 5.91 Å². The number of anilines is 2. The number of hydrogen-bond acceptors (Lipinski definition) is 7. The van der Waals surface area contributed by atoms with Gasteiger partial charge in [0.2, 0.25) is 12.4 Å². The maximum atomic E-state index is 12.9. The molecule has 28 heavy (non-hydrogen) atoms. The highest BCUT2D eigenvalue weighted by molar-refractivity contribution is 5.93. The lowest BCUT2D eigenvalue weighted by atomic mass is 10.2. The Kier molecular flexibility index (Phi) is 5.31. The number of amides is 2. The van der Waals surface area contributed by atoms with Gasteiger partial charge < -0.3 is 19.6 Å². The van der Waals surface area contributed by atoms with Crippen LogP contribution in [-0.4, -0.2) is 89.4 Å². The Balaban J connectivity index is 1.38. The summed E-state index contributed by atoms with van der Waals surface area (Å²) in [4.78, 5) is 44.5. The average Bonchev–Trinajstić information content (AvgIpc) is 2.79. The van der Waals surface area contributed by atoms with Crippen LogP contribution in [0.4, 0.5) is 11.6 Å². The first-order valence-corrected chi connectivity index (χ1v) is 9.46. The predicted molar refractivity (Wildman–Crippen MR) is 104 cm³/mol. The highest BCUT2D eigenvalue weighted by Crippen LogP contribution is 2.18. The molecule has 0 aromatic carbocycles. The number of aromatic nitrogens is 3. The van der Waals surface area contributed by atoms with Gasteiger partial charge in [0.15, 0.2) is 0 Å². The van der Waals surface area contributed by atoms with E-state index in [0.717, 1.165) is 25.2 Å². The summed E-state index contributed by atoms with van der Waals surface area (Å²) in [6.45, 7) is 5.52. The molecule has 2 aliphatic heterocycles. The van der Waals surface area contributed by atoms with Gasteiger partial charge >= 0.3 is 0 Å². The van der Waals surface area contributed by atoms with Gasteiger partial charge in [0, 0.05) is 76.6 Å². The van der Waals surface area contributed by atoms with Crippen molar-refractivity contribution in [2.45, 2.75) is 0 Å². The highest BCUT2D eigenvalue weighted by Gasteiger charge is 2.25. The van der Waals surface area contributed by atoms with E-state index in [0.29, 0.717) is 50.9 Å². The number of carbonyl (C=O) groups excluding carboxylic acids is 2. The van der Waals surface area contributed by atoms with Crippen molar-refractivity contribution in [1.29, 1.82) is 0 Å². The Bertz CT molecular complexity index is 816. The van der Waals surface area contributed by atoms with Crippen molar-refractivity contribution in [3.63, 3.8) is 0 Å². The second-order valence-corrected chi connectivity index (χ2v) is 6.86. The van der Waals surface area contributed by atoms with Crippen molar-refractivity contribution in [1.82, 2.24) is 24.8 Å². The summed E-state index contributed by atoms with van der Waals surface area (Å²) >= 11 is 0. The molecule has 0 aliphatic carbocycles. The summed E-state index contributed by atoms with van der Waals surface area (Å²) in [7, 11) is 0. The molecule has 4 rings (SSSR count). The first kappa shape index (κ1) is 18.1. The molecule has 0 atom stereocenters. The van der Waals surface area contributed by atoms with Gasteiger partial charge in [-0.05, 0) is 18.2 Å². The molecule has 146 valence electrons. The van der Waals surface area contributed by atoms with Crippen LogP contribution in [0.15, 0.2) is 36.8 Å². The Morgan fingerprint density at radius 2 is 1.54 bits per heavy atom. The van der Waals surface area contributed by atoms with Crippen LogP contribution in [0, 0.1) is 0 Å². The van der Waals surface area contributed by atoms with Gasteiger partial charge in [-0.1, -0.05) is 0 Å². The molecule has 9 nitrogen and oxygen atoms in total. The minimum atomic E-state index is -0.0537. The number of piperazine rings is 2. The zero-order valence-electron chi connectivity index (χ0n) is 15.6. The third kappa shape index (κ3) is 3.88. The van der Waals surface area contributed by atoms with Gasteiger partial charge in [-0.3, -0.25) is 14.6 Å². The van der Waals surface area contributed by atoms with Gasteiger partial charge in [-0.2, -0.15) is 0 Å². The van der Waals surface area contributed by atoms with Crippen LogP contribution >= 0.6 is 0 Å². The molecule has 0 unspecified atom stereocenters. The van der Waals surface area contributed by atoms with Crippen molar-refractivity contribution < 1.29 is 9.59 Å². The Morgan fingerprint density at radius 3 is 2.21 bits per heavy atom. The number of nitrogens with zero attached hydrogens (tertiary/aromatic N) is 7. The summed E-state index contributed by atoms with van der Waals surface area (Å²) in [6, 6.07) is 5.56. The second-order valence-electron chi connectivity index (χ2n) is 6.86. The molecule has 2 aromatic heterocycles. The SMILES string of the molecule is O=CN1CCN(c2ccnc(C(=O)N3CCN(c4ncccn4)CC3)c2)CC1. The molecule has 4 heterocycles. The lowest BCUT2D eigenvalue weighted by Crippen LogP contribution is -2.49. The lowest BCUT2D eigenvalue weighted by Gasteiger charge is -2.35. The lowest BCUT2D eigenvalue weighted by molar-refractivity contribution is -0.118. The minimum absolute atomic E-state index is 0.0537. The van der Waals surface area contributed by atoms with Crippen molar-refractivity contribution in [3.05, 3.63) is 42.5 Å². The van der Waals surface area contributed by atoms with Crippen molar-refractivity contribution >= 4 is 24.0 Å². The smallest absolute Gasteiger partial charge is 0.272 e. The zero-order valence-corrected chi connectivity index (χ0v) is 15.6. The van der Waals surface area contributed by atoms with E-state index in [-0.39, 0.29) is 5.91 Å². The fraction of sp³-hybridized carbons (Fsp3) is 0.421. The molecule has 0 radical (unpaired) electrons. The van der Waals surface area contributed by atoms with Gasteiger partial charge in [-0.25, -0.2) is 9.97 Å². The monoisotopic (exact) mass is 381 g/mol. The van der Waals surface area contributed by atoms with Crippen LogP contribution in [-0.2, 0) is 4.79 Å². The zero-order chi connectivity index (χ0) is 19.3. The van der Waals surface area contributed by atoms with Crippen LogP contribution in [0.25, 0.3) is 0 Å². The summed E-state index contributed by atoms with van der Waals surface area (Å²) in [5.41, 5.74) is 1.43. The number of rotatable bonds is 4. The Morgan fingerprint density at radius 1 is 0.857 bits per heavy atom. The van der Waals surface area contributed by atoms with E-state index >= 15 is 0 Å². The summed E-state index contributed by atoms with van der Waals surface area (Å²) in [5, 5.41) is 0. The van der Waals surface area contributed by atoms with Crippen molar-refractivity contribution in [2.24, 2.45) is 0 Å². The standard InChI is InChI=1S/C19H23N7O2/c27-15-23-6-8-24(9-7-23)16-2-5-20-17(14-16)18(28)25-10-12-26(13-11-25)19-21-3-1-4-22-19/h1-5,14-15H,6-13H2. The fourth-order valence-electron chi connectivity index (χ4n) is 3.54.